The Bertz CT molecular complexity index is 593. The van der Waals surface area contributed by atoms with E-state index in [1.165, 1.54) is 26.4 Å². The number of aromatic nitrogens is 2. The molecule has 0 N–H and O–H groups in total. The van der Waals surface area contributed by atoms with Crippen LogP contribution in [0, 0.1) is 5.82 Å². The molecule has 1 heterocycles. The molecule has 4 nitrogen and oxygen atoms in total. The van der Waals surface area contributed by atoms with Crippen LogP contribution in [-0.2, 0) is 11.3 Å². The third-order valence-electron chi connectivity index (χ3n) is 2.47. The Kier molecular flexibility index (Phi) is 4.29. The molecule has 0 atom stereocenters. The minimum atomic E-state index is -0.433. The summed E-state index contributed by atoms with van der Waals surface area (Å²) in [7, 11) is 3.00. The highest BCUT2D eigenvalue weighted by atomic mass is 35.5. The second-order valence-electron chi connectivity index (χ2n) is 3.77. The molecule has 0 bridgehead atoms. The lowest BCUT2D eigenvalue weighted by Gasteiger charge is -2.07. The van der Waals surface area contributed by atoms with E-state index in [-0.39, 0.29) is 11.8 Å². The summed E-state index contributed by atoms with van der Waals surface area (Å²) in [6, 6.07) is 6.04. The molecule has 0 unspecified atom stereocenters. The van der Waals surface area contributed by atoms with Crippen molar-refractivity contribution < 1.29 is 13.9 Å². The number of hydrogen-bond acceptors (Lipinski definition) is 4. The highest BCUT2D eigenvalue weighted by Crippen LogP contribution is 2.26. The van der Waals surface area contributed by atoms with Crippen molar-refractivity contribution in [3.63, 3.8) is 0 Å². The van der Waals surface area contributed by atoms with E-state index >= 15 is 0 Å². The van der Waals surface area contributed by atoms with Gasteiger partial charge in [-0.15, -0.1) is 0 Å². The number of ether oxygens (including phenoxy) is 2. The van der Waals surface area contributed by atoms with Crippen molar-refractivity contribution in [2.45, 2.75) is 6.61 Å². The van der Waals surface area contributed by atoms with Gasteiger partial charge in [0.25, 0.3) is 0 Å². The van der Waals surface area contributed by atoms with E-state index in [1.807, 2.05) is 0 Å². The highest BCUT2D eigenvalue weighted by Gasteiger charge is 2.11. The molecule has 1 aromatic heterocycles. The summed E-state index contributed by atoms with van der Waals surface area (Å²) < 4.78 is 23.9. The molecular formula is C13H12ClFN2O2. The lowest BCUT2D eigenvalue weighted by Crippen LogP contribution is -2.00. The zero-order valence-corrected chi connectivity index (χ0v) is 11.2. The Morgan fingerprint density at radius 3 is 2.63 bits per heavy atom. The Hall–Kier alpha value is -1.72. The molecule has 0 radical (unpaired) electrons. The molecule has 0 amide bonds. The van der Waals surface area contributed by atoms with Gasteiger partial charge < -0.3 is 9.47 Å². The summed E-state index contributed by atoms with van der Waals surface area (Å²) in [5, 5.41) is 0.243. The van der Waals surface area contributed by atoms with Crippen molar-refractivity contribution in [2.75, 3.05) is 14.2 Å². The van der Waals surface area contributed by atoms with Gasteiger partial charge in [-0.1, -0.05) is 11.6 Å². The molecule has 6 heteroatoms. The van der Waals surface area contributed by atoms with Crippen molar-refractivity contribution in [3.05, 3.63) is 41.1 Å². The van der Waals surface area contributed by atoms with Gasteiger partial charge in [-0.05, 0) is 12.1 Å². The Labute approximate surface area is 115 Å². The van der Waals surface area contributed by atoms with Crippen LogP contribution >= 0.6 is 11.6 Å². The predicted molar refractivity (Wildman–Crippen MR) is 69.7 cm³/mol. The topological polar surface area (TPSA) is 44.2 Å². The van der Waals surface area contributed by atoms with Gasteiger partial charge >= 0.3 is 0 Å². The molecule has 100 valence electrons. The molecule has 1 aromatic carbocycles. The molecule has 0 aliphatic carbocycles. The monoisotopic (exact) mass is 282 g/mol. The SMILES string of the molecule is COCc1nc(Cl)cc(-c2ccc(OC)cc2F)n1. The van der Waals surface area contributed by atoms with Crippen molar-refractivity contribution >= 4 is 11.6 Å². The van der Waals surface area contributed by atoms with E-state index in [4.69, 9.17) is 21.1 Å². The first-order valence-electron chi connectivity index (χ1n) is 5.50. The van der Waals surface area contributed by atoms with Crippen LogP contribution in [0.5, 0.6) is 5.75 Å². The number of rotatable bonds is 4. The van der Waals surface area contributed by atoms with Crippen molar-refractivity contribution in [1.82, 2.24) is 9.97 Å². The molecule has 0 saturated heterocycles. The van der Waals surface area contributed by atoms with Gasteiger partial charge in [-0.25, -0.2) is 14.4 Å². The van der Waals surface area contributed by atoms with Gasteiger partial charge in [-0.2, -0.15) is 0 Å². The van der Waals surface area contributed by atoms with Gasteiger partial charge in [0.2, 0.25) is 0 Å². The number of halogens is 2. The van der Waals surface area contributed by atoms with E-state index in [9.17, 15) is 4.39 Å². The molecule has 0 aliphatic heterocycles. The van der Waals surface area contributed by atoms with E-state index in [0.717, 1.165) is 0 Å². The fraction of sp³-hybridized carbons (Fsp3) is 0.231. The first kappa shape index (κ1) is 13.7. The predicted octanol–water partition coefficient (Wildman–Crippen LogP) is 3.09. The fourth-order valence-electron chi connectivity index (χ4n) is 1.63. The molecule has 19 heavy (non-hydrogen) atoms. The second-order valence-corrected chi connectivity index (χ2v) is 4.16. The lowest BCUT2D eigenvalue weighted by molar-refractivity contribution is 0.178. The largest absolute Gasteiger partial charge is 0.497 e. The van der Waals surface area contributed by atoms with Crippen LogP contribution in [0.3, 0.4) is 0 Å². The van der Waals surface area contributed by atoms with Gasteiger partial charge in [-0.3, -0.25) is 0 Å². The molecule has 0 saturated carbocycles. The van der Waals surface area contributed by atoms with Gasteiger partial charge in [0, 0.05) is 24.8 Å². The van der Waals surface area contributed by atoms with Crippen molar-refractivity contribution in [3.8, 4) is 17.0 Å². The minimum absolute atomic E-state index is 0.214. The maximum Gasteiger partial charge on any atom is 0.156 e. The zero-order valence-electron chi connectivity index (χ0n) is 10.5. The quantitative estimate of drug-likeness (QED) is 0.808. The molecule has 0 fully saturated rings. The van der Waals surface area contributed by atoms with E-state index in [0.29, 0.717) is 22.8 Å². The zero-order chi connectivity index (χ0) is 13.8. The minimum Gasteiger partial charge on any atom is -0.497 e. The third kappa shape index (κ3) is 3.19. The normalized spacial score (nSPS) is 10.5. The van der Waals surface area contributed by atoms with Crippen molar-refractivity contribution in [2.24, 2.45) is 0 Å². The first-order chi connectivity index (χ1) is 9.13. The third-order valence-corrected chi connectivity index (χ3v) is 2.66. The van der Waals surface area contributed by atoms with Crippen molar-refractivity contribution in [1.29, 1.82) is 0 Å². The van der Waals surface area contributed by atoms with Crippen LogP contribution in [0.25, 0.3) is 11.3 Å². The average Bonchev–Trinajstić information content (AvgIpc) is 2.38. The number of nitrogens with zero attached hydrogens (tertiary/aromatic N) is 2. The Balaban J connectivity index is 2.46. The summed E-state index contributed by atoms with van der Waals surface area (Å²) in [6.45, 7) is 0.214. The average molecular weight is 283 g/mol. The van der Waals surface area contributed by atoms with Crippen LogP contribution in [0.1, 0.15) is 5.82 Å². The summed E-state index contributed by atoms with van der Waals surface area (Å²) in [5.74, 6) is 0.413. The standard InChI is InChI=1S/C13H12ClFN2O2/c1-18-7-13-16-11(6-12(14)17-13)9-4-3-8(19-2)5-10(9)15/h3-6H,7H2,1-2H3. The molecule has 2 aromatic rings. The van der Waals surface area contributed by atoms with Crippen LogP contribution in [-0.4, -0.2) is 24.2 Å². The van der Waals surface area contributed by atoms with E-state index in [2.05, 4.69) is 9.97 Å². The first-order valence-corrected chi connectivity index (χ1v) is 5.88. The number of benzene rings is 1. The fourth-order valence-corrected chi connectivity index (χ4v) is 1.83. The molecule has 0 aliphatic rings. The highest BCUT2D eigenvalue weighted by molar-refractivity contribution is 6.29. The smallest absolute Gasteiger partial charge is 0.156 e. The number of methoxy groups -OCH3 is 2. The van der Waals surface area contributed by atoms with E-state index in [1.54, 1.807) is 12.1 Å². The Morgan fingerprint density at radius 1 is 1.21 bits per heavy atom. The molecule has 2 rings (SSSR count). The van der Waals surface area contributed by atoms with Crippen LogP contribution in [0.15, 0.2) is 24.3 Å². The summed E-state index contributed by atoms with van der Waals surface area (Å²) in [6.07, 6.45) is 0. The summed E-state index contributed by atoms with van der Waals surface area (Å²) >= 11 is 5.89. The maximum absolute atomic E-state index is 14.0. The van der Waals surface area contributed by atoms with E-state index < -0.39 is 5.82 Å². The van der Waals surface area contributed by atoms with Gasteiger partial charge in [0.05, 0.1) is 12.8 Å². The second kappa shape index (κ2) is 5.95. The summed E-state index contributed by atoms with van der Waals surface area (Å²) in [4.78, 5) is 8.20. The lowest BCUT2D eigenvalue weighted by atomic mass is 10.1. The molecular weight excluding hydrogens is 271 g/mol. The Morgan fingerprint density at radius 2 is 2.00 bits per heavy atom. The molecule has 0 spiro atoms. The van der Waals surface area contributed by atoms with Crippen LogP contribution in [0.2, 0.25) is 5.15 Å². The maximum atomic E-state index is 14.0. The van der Waals surface area contributed by atoms with Crippen LogP contribution < -0.4 is 4.74 Å². The number of hydrogen-bond donors (Lipinski definition) is 0. The van der Waals surface area contributed by atoms with Crippen LogP contribution in [0.4, 0.5) is 4.39 Å². The summed E-state index contributed by atoms with van der Waals surface area (Å²) in [5.41, 5.74) is 0.745. The van der Waals surface area contributed by atoms with Gasteiger partial charge in [0.15, 0.2) is 5.82 Å². The van der Waals surface area contributed by atoms with Gasteiger partial charge in [0.1, 0.15) is 23.3 Å².